The van der Waals surface area contributed by atoms with Gasteiger partial charge in [-0.3, -0.25) is 9.78 Å². The van der Waals surface area contributed by atoms with Crippen molar-refractivity contribution in [1.29, 1.82) is 0 Å². The summed E-state index contributed by atoms with van der Waals surface area (Å²) in [4.78, 5) is 15.8. The van der Waals surface area contributed by atoms with Gasteiger partial charge < -0.3 is 5.32 Å². The molecule has 21 heavy (non-hydrogen) atoms. The van der Waals surface area contributed by atoms with Crippen molar-refractivity contribution in [2.45, 2.75) is 11.4 Å². The van der Waals surface area contributed by atoms with E-state index in [1.54, 1.807) is 12.1 Å². The average Bonchev–Trinajstić information content (AvgIpc) is 2.45. The normalized spacial score (nSPS) is 11.1. The number of hydrogen-bond donors (Lipinski definition) is 2. The number of primary sulfonamides is 1. The van der Waals surface area contributed by atoms with Crippen LogP contribution in [0.3, 0.4) is 0 Å². The molecule has 1 amide bonds. The van der Waals surface area contributed by atoms with Crippen LogP contribution in [0.15, 0.2) is 47.6 Å². The van der Waals surface area contributed by atoms with Crippen molar-refractivity contribution >= 4 is 27.5 Å². The number of aromatic nitrogens is 1. The number of amides is 1. The molecule has 0 fully saturated rings. The largest absolute Gasteiger partial charge is 0.348 e. The number of carbonyl (C=O) groups is 1. The minimum Gasteiger partial charge on any atom is -0.348 e. The number of benzene rings is 1. The first kappa shape index (κ1) is 15.4. The lowest BCUT2D eigenvalue weighted by atomic mass is 10.2. The van der Waals surface area contributed by atoms with E-state index in [2.05, 4.69) is 10.3 Å². The first-order valence-electron chi connectivity index (χ1n) is 5.87. The predicted octanol–water partition coefficient (Wildman–Crippen LogP) is 1.31. The van der Waals surface area contributed by atoms with Gasteiger partial charge in [-0.1, -0.05) is 23.7 Å². The molecule has 3 N–H and O–H groups in total. The van der Waals surface area contributed by atoms with Crippen LogP contribution in [0.5, 0.6) is 0 Å². The summed E-state index contributed by atoms with van der Waals surface area (Å²) >= 11 is 5.89. The van der Waals surface area contributed by atoms with Crippen LogP contribution in [0.1, 0.15) is 15.9 Å². The second kappa shape index (κ2) is 6.21. The van der Waals surface area contributed by atoms with E-state index in [1.165, 1.54) is 30.6 Å². The Morgan fingerprint density at radius 3 is 2.76 bits per heavy atom. The van der Waals surface area contributed by atoms with Gasteiger partial charge in [0.15, 0.2) is 0 Å². The molecule has 110 valence electrons. The highest BCUT2D eigenvalue weighted by atomic mass is 35.5. The minimum absolute atomic E-state index is 0.00587. The maximum Gasteiger partial charge on any atom is 0.254 e. The number of rotatable bonds is 4. The summed E-state index contributed by atoms with van der Waals surface area (Å²) in [6.45, 7) is 0.146. The number of nitrogens with one attached hydrogen (secondary N) is 1. The van der Waals surface area contributed by atoms with E-state index >= 15 is 0 Å². The van der Waals surface area contributed by atoms with Crippen LogP contribution >= 0.6 is 11.6 Å². The van der Waals surface area contributed by atoms with Gasteiger partial charge in [0.1, 0.15) is 0 Å². The minimum atomic E-state index is -3.77. The highest BCUT2D eigenvalue weighted by Gasteiger charge is 2.11. The van der Waals surface area contributed by atoms with Crippen molar-refractivity contribution in [3.8, 4) is 0 Å². The first-order chi connectivity index (χ1) is 9.88. The zero-order valence-electron chi connectivity index (χ0n) is 10.8. The molecule has 1 aromatic carbocycles. The summed E-state index contributed by atoms with van der Waals surface area (Å²) in [5.41, 5.74) is 0.858. The molecule has 6 nitrogen and oxygen atoms in total. The summed E-state index contributed by atoms with van der Waals surface area (Å²) in [5.74, 6) is -0.394. The number of halogens is 1. The molecule has 0 aliphatic rings. The van der Waals surface area contributed by atoms with Crippen LogP contribution in [0.2, 0.25) is 5.02 Å². The van der Waals surface area contributed by atoms with E-state index in [9.17, 15) is 13.2 Å². The topological polar surface area (TPSA) is 102 Å². The molecule has 0 aliphatic heterocycles. The van der Waals surface area contributed by atoms with E-state index in [1.807, 2.05) is 0 Å². The molecule has 0 saturated carbocycles. The van der Waals surface area contributed by atoms with Gasteiger partial charge in [-0.05, 0) is 23.8 Å². The molecule has 2 aromatic rings. The van der Waals surface area contributed by atoms with Crippen molar-refractivity contribution in [2.24, 2.45) is 5.14 Å². The van der Waals surface area contributed by atoms with Crippen molar-refractivity contribution < 1.29 is 13.2 Å². The maximum absolute atomic E-state index is 11.9. The second-order valence-electron chi connectivity index (χ2n) is 4.23. The molecule has 0 unspecified atom stereocenters. The lowest BCUT2D eigenvalue weighted by Gasteiger charge is -2.07. The van der Waals surface area contributed by atoms with Crippen molar-refractivity contribution in [2.75, 3.05) is 0 Å². The Bertz CT molecular complexity index is 778. The van der Waals surface area contributed by atoms with Gasteiger partial charge in [0.05, 0.1) is 15.5 Å². The molecule has 0 aliphatic carbocycles. The Hall–Kier alpha value is -1.96. The van der Waals surface area contributed by atoms with Gasteiger partial charge in [-0.25, -0.2) is 13.6 Å². The van der Waals surface area contributed by atoms with E-state index < -0.39 is 15.9 Å². The smallest absolute Gasteiger partial charge is 0.254 e. The first-order valence-corrected chi connectivity index (χ1v) is 7.80. The average molecular weight is 326 g/mol. The van der Waals surface area contributed by atoms with E-state index in [0.717, 1.165) is 0 Å². The zero-order chi connectivity index (χ0) is 15.5. The fourth-order valence-corrected chi connectivity index (χ4v) is 2.43. The lowest BCUT2D eigenvalue weighted by Crippen LogP contribution is -2.23. The third kappa shape index (κ3) is 4.01. The molecular formula is C13H12ClN3O3S. The molecule has 0 spiro atoms. The van der Waals surface area contributed by atoms with Gasteiger partial charge >= 0.3 is 0 Å². The Labute approximate surface area is 127 Å². The summed E-state index contributed by atoms with van der Waals surface area (Å²) in [7, 11) is -3.77. The fraction of sp³-hybridized carbons (Fsp3) is 0.0769. The van der Waals surface area contributed by atoms with Crippen LogP contribution in [0.25, 0.3) is 0 Å². The molecule has 8 heteroatoms. The summed E-state index contributed by atoms with van der Waals surface area (Å²) in [5, 5.41) is 7.98. The van der Waals surface area contributed by atoms with E-state index in [4.69, 9.17) is 16.7 Å². The van der Waals surface area contributed by atoms with Gasteiger partial charge in [0, 0.05) is 18.9 Å². The van der Waals surface area contributed by atoms with E-state index in [-0.39, 0.29) is 17.0 Å². The maximum atomic E-state index is 11.9. The summed E-state index contributed by atoms with van der Waals surface area (Å²) in [6, 6.07) is 7.54. The fourth-order valence-electron chi connectivity index (χ4n) is 1.65. The zero-order valence-corrected chi connectivity index (χ0v) is 12.4. The predicted molar refractivity (Wildman–Crippen MR) is 78.2 cm³/mol. The molecule has 1 heterocycles. The number of nitrogens with two attached hydrogens (primary N) is 1. The standard InChI is InChI=1S/C13H12ClN3O3S/c14-12-4-5-16-8-11(12)13(18)17-7-9-2-1-3-10(6-9)21(15,19)20/h1-6,8H,7H2,(H,17,18)(H2,15,19,20). The van der Waals surface area contributed by atoms with Crippen molar-refractivity contribution in [3.63, 3.8) is 0 Å². The summed E-state index contributed by atoms with van der Waals surface area (Å²) < 4.78 is 22.5. The highest BCUT2D eigenvalue weighted by Crippen LogP contribution is 2.14. The Morgan fingerprint density at radius 2 is 2.10 bits per heavy atom. The molecule has 0 saturated heterocycles. The van der Waals surface area contributed by atoms with Crippen molar-refractivity contribution in [3.05, 3.63) is 58.9 Å². The molecule has 0 atom stereocenters. The monoisotopic (exact) mass is 325 g/mol. The van der Waals surface area contributed by atoms with Gasteiger partial charge in [0.25, 0.3) is 5.91 Å². The quantitative estimate of drug-likeness (QED) is 0.884. The number of nitrogens with zero attached hydrogens (tertiary/aromatic N) is 1. The van der Waals surface area contributed by atoms with Crippen LogP contribution in [0.4, 0.5) is 0 Å². The third-order valence-corrected chi connectivity index (χ3v) is 3.93. The van der Waals surface area contributed by atoms with Crippen LogP contribution in [0, 0.1) is 0 Å². The van der Waals surface area contributed by atoms with Crippen LogP contribution < -0.4 is 10.5 Å². The van der Waals surface area contributed by atoms with Gasteiger partial charge in [-0.2, -0.15) is 0 Å². The number of sulfonamides is 1. The van der Waals surface area contributed by atoms with Gasteiger partial charge in [-0.15, -0.1) is 0 Å². The second-order valence-corrected chi connectivity index (χ2v) is 6.20. The lowest BCUT2D eigenvalue weighted by molar-refractivity contribution is 0.0950. The highest BCUT2D eigenvalue weighted by molar-refractivity contribution is 7.89. The summed E-state index contributed by atoms with van der Waals surface area (Å²) in [6.07, 6.45) is 2.84. The van der Waals surface area contributed by atoms with Crippen LogP contribution in [-0.2, 0) is 16.6 Å². The third-order valence-electron chi connectivity index (χ3n) is 2.69. The molecular weight excluding hydrogens is 314 g/mol. The SMILES string of the molecule is NS(=O)(=O)c1cccc(CNC(=O)c2cnccc2Cl)c1. The molecule has 1 aromatic heterocycles. The Kier molecular flexibility index (Phi) is 4.56. The van der Waals surface area contributed by atoms with E-state index in [0.29, 0.717) is 10.6 Å². The van der Waals surface area contributed by atoms with Crippen molar-refractivity contribution in [1.82, 2.24) is 10.3 Å². The Balaban J connectivity index is 2.11. The molecule has 0 bridgehead atoms. The molecule has 0 radical (unpaired) electrons. The van der Waals surface area contributed by atoms with Crippen LogP contribution in [-0.4, -0.2) is 19.3 Å². The number of pyridine rings is 1. The number of carbonyl (C=O) groups excluding carboxylic acids is 1. The molecule has 2 rings (SSSR count). The Morgan fingerprint density at radius 1 is 1.33 bits per heavy atom. The number of hydrogen-bond acceptors (Lipinski definition) is 4. The van der Waals surface area contributed by atoms with Gasteiger partial charge in [0.2, 0.25) is 10.0 Å².